The molecule has 78 valence electrons. The Morgan fingerprint density at radius 3 is 2.00 bits per heavy atom. The summed E-state index contributed by atoms with van der Waals surface area (Å²) in [6.07, 6.45) is 2.56. The van der Waals surface area contributed by atoms with Crippen LogP contribution in [0.4, 0.5) is 0 Å². The van der Waals surface area contributed by atoms with Gasteiger partial charge >= 0.3 is 0 Å². The zero-order valence-electron chi connectivity index (χ0n) is 10.0. The number of hydrogen-bond acceptors (Lipinski definition) is 1. The summed E-state index contributed by atoms with van der Waals surface area (Å²) in [6, 6.07) is 1.22. The Balaban J connectivity index is 3.77. The highest BCUT2D eigenvalue weighted by atomic mass is 28.2. The molecule has 0 aliphatic carbocycles. The molecule has 0 fully saturated rings. The second kappa shape index (κ2) is 5.16. The third-order valence-corrected chi connectivity index (χ3v) is 3.98. The molecule has 0 aromatic carbocycles. The monoisotopic (exact) mass is 200 g/mol. The van der Waals surface area contributed by atoms with Gasteiger partial charge in [0, 0.05) is 0 Å². The Morgan fingerprint density at radius 1 is 1.08 bits per heavy atom. The van der Waals surface area contributed by atoms with Crippen LogP contribution in [-0.4, -0.2) is 15.4 Å². The van der Waals surface area contributed by atoms with E-state index in [0.29, 0.717) is 9.76 Å². The minimum Gasteiger partial charge on any atom is -0.412 e. The molecule has 0 saturated carbocycles. The van der Waals surface area contributed by atoms with Crippen molar-refractivity contribution in [2.24, 2.45) is 5.41 Å². The molecule has 0 N–H and O–H groups in total. The number of unbranched alkanes of at least 4 members (excludes halogenated alkanes) is 1. The van der Waals surface area contributed by atoms with E-state index in [1.807, 2.05) is 0 Å². The summed E-state index contributed by atoms with van der Waals surface area (Å²) in [4.78, 5) is 0. The van der Waals surface area contributed by atoms with E-state index in [2.05, 4.69) is 41.5 Å². The van der Waals surface area contributed by atoms with Gasteiger partial charge in [-0.3, -0.25) is 0 Å². The molecule has 2 radical (unpaired) electrons. The SMILES string of the molecule is CCCC[Si]OC(C)(C)C(C)(C)C. The molecule has 2 heteroatoms. The first-order valence-electron chi connectivity index (χ1n) is 5.22. The van der Waals surface area contributed by atoms with E-state index in [-0.39, 0.29) is 11.0 Å². The molecule has 0 unspecified atom stereocenters. The average molecular weight is 200 g/mol. The highest BCUT2D eigenvalue weighted by Gasteiger charge is 2.32. The molecule has 0 aromatic heterocycles. The van der Waals surface area contributed by atoms with Gasteiger partial charge < -0.3 is 4.43 Å². The second-order valence-corrected chi connectivity index (χ2v) is 6.10. The van der Waals surface area contributed by atoms with Crippen molar-refractivity contribution < 1.29 is 4.43 Å². The summed E-state index contributed by atoms with van der Waals surface area (Å²) in [5.41, 5.74) is 0.228. The van der Waals surface area contributed by atoms with Crippen LogP contribution >= 0.6 is 0 Å². The van der Waals surface area contributed by atoms with Gasteiger partial charge in [0.1, 0.15) is 0 Å². The Kier molecular flexibility index (Phi) is 5.23. The predicted molar refractivity (Wildman–Crippen MR) is 60.1 cm³/mol. The van der Waals surface area contributed by atoms with Gasteiger partial charge in [0.2, 0.25) is 9.76 Å². The molecular weight excluding hydrogens is 176 g/mol. The highest BCUT2D eigenvalue weighted by molar-refractivity contribution is 6.27. The summed E-state index contributed by atoms with van der Waals surface area (Å²) in [6.45, 7) is 13.3. The Morgan fingerprint density at radius 2 is 1.62 bits per heavy atom. The van der Waals surface area contributed by atoms with Gasteiger partial charge in [-0.15, -0.1) is 0 Å². The summed E-state index contributed by atoms with van der Waals surface area (Å²) in [5.74, 6) is 0. The summed E-state index contributed by atoms with van der Waals surface area (Å²) < 4.78 is 5.92. The second-order valence-electron chi connectivity index (χ2n) is 5.11. The Bertz CT molecular complexity index is 136. The molecule has 0 atom stereocenters. The fourth-order valence-electron chi connectivity index (χ4n) is 0.633. The lowest BCUT2D eigenvalue weighted by molar-refractivity contribution is 0.00292. The van der Waals surface area contributed by atoms with E-state index < -0.39 is 0 Å². The molecule has 13 heavy (non-hydrogen) atoms. The van der Waals surface area contributed by atoms with E-state index in [4.69, 9.17) is 4.43 Å². The average Bonchev–Trinajstić information content (AvgIpc) is 1.96. The van der Waals surface area contributed by atoms with Crippen LogP contribution < -0.4 is 0 Å². The van der Waals surface area contributed by atoms with Gasteiger partial charge in [0.15, 0.2) is 0 Å². The van der Waals surface area contributed by atoms with Crippen LogP contribution in [0.1, 0.15) is 54.4 Å². The molecule has 0 heterocycles. The van der Waals surface area contributed by atoms with Crippen molar-refractivity contribution in [2.45, 2.75) is 66.0 Å². The van der Waals surface area contributed by atoms with E-state index in [0.717, 1.165) is 0 Å². The molecule has 0 saturated heterocycles. The molecular formula is C11H24OSi. The van der Waals surface area contributed by atoms with Crippen LogP contribution in [0, 0.1) is 5.41 Å². The van der Waals surface area contributed by atoms with E-state index in [9.17, 15) is 0 Å². The molecule has 0 aliphatic rings. The smallest absolute Gasteiger partial charge is 0.230 e. The first-order chi connectivity index (χ1) is 5.81. The van der Waals surface area contributed by atoms with Crippen molar-refractivity contribution in [1.82, 2.24) is 0 Å². The lowest BCUT2D eigenvalue weighted by Crippen LogP contribution is -2.40. The predicted octanol–water partition coefficient (Wildman–Crippen LogP) is 3.67. The van der Waals surface area contributed by atoms with Crippen molar-refractivity contribution in [1.29, 1.82) is 0 Å². The van der Waals surface area contributed by atoms with Crippen LogP contribution in [-0.2, 0) is 4.43 Å². The minimum atomic E-state index is -0.000808. The quantitative estimate of drug-likeness (QED) is 0.486. The zero-order valence-corrected chi connectivity index (χ0v) is 11.0. The maximum Gasteiger partial charge on any atom is 0.230 e. The Labute approximate surface area is 86.2 Å². The first-order valence-corrected chi connectivity index (χ1v) is 6.33. The molecule has 0 rings (SSSR count). The van der Waals surface area contributed by atoms with Gasteiger partial charge in [-0.1, -0.05) is 40.5 Å². The fourth-order valence-corrected chi connectivity index (χ4v) is 1.90. The van der Waals surface area contributed by atoms with Crippen LogP contribution in [0.5, 0.6) is 0 Å². The summed E-state index contributed by atoms with van der Waals surface area (Å²) in [7, 11) is 0.664. The zero-order chi connectivity index (χ0) is 10.5. The lowest BCUT2D eigenvalue weighted by atomic mass is 9.79. The van der Waals surface area contributed by atoms with Crippen LogP contribution in [0.15, 0.2) is 0 Å². The van der Waals surface area contributed by atoms with Gasteiger partial charge in [0.05, 0.1) is 5.60 Å². The molecule has 0 spiro atoms. The third-order valence-electron chi connectivity index (χ3n) is 2.77. The van der Waals surface area contributed by atoms with Crippen molar-refractivity contribution >= 4 is 9.76 Å². The summed E-state index contributed by atoms with van der Waals surface area (Å²) in [5, 5.41) is 0. The first kappa shape index (κ1) is 13.2. The number of hydrogen-bond donors (Lipinski definition) is 0. The standard InChI is InChI=1S/C11H24OSi/c1-7-8-9-13-12-11(5,6)10(2,3)4/h7-9H2,1-6H3. The van der Waals surface area contributed by atoms with Crippen LogP contribution in [0.2, 0.25) is 6.04 Å². The van der Waals surface area contributed by atoms with Crippen molar-refractivity contribution in [3.63, 3.8) is 0 Å². The third kappa shape index (κ3) is 4.82. The fraction of sp³-hybridized carbons (Fsp3) is 1.00. The maximum atomic E-state index is 5.92. The summed E-state index contributed by atoms with van der Waals surface area (Å²) >= 11 is 0. The molecule has 0 aliphatic heterocycles. The highest BCUT2D eigenvalue weighted by Crippen LogP contribution is 2.32. The lowest BCUT2D eigenvalue weighted by Gasteiger charge is -2.39. The largest absolute Gasteiger partial charge is 0.412 e. The van der Waals surface area contributed by atoms with Crippen molar-refractivity contribution in [3.8, 4) is 0 Å². The Hall–Kier alpha value is 0.177. The molecule has 0 amide bonds. The minimum absolute atomic E-state index is 0.000808. The number of rotatable bonds is 5. The topological polar surface area (TPSA) is 9.23 Å². The van der Waals surface area contributed by atoms with Crippen LogP contribution in [0.25, 0.3) is 0 Å². The van der Waals surface area contributed by atoms with Crippen LogP contribution in [0.3, 0.4) is 0 Å². The van der Waals surface area contributed by atoms with Gasteiger partial charge in [-0.05, 0) is 25.3 Å². The van der Waals surface area contributed by atoms with Gasteiger partial charge in [0.25, 0.3) is 0 Å². The van der Waals surface area contributed by atoms with Gasteiger partial charge in [-0.2, -0.15) is 0 Å². The van der Waals surface area contributed by atoms with E-state index in [1.54, 1.807) is 0 Å². The maximum absolute atomic E-state index is 5.92. The van der Waals surface area contributed by atoms with Crippen molar-refractivity contribution in [2.75, 3.05) is 0 Å². The van der Waals surface area contributed by atoms with E-state index in [1.165, 1.54) is 18.9 Å². The normalized spacial score (nSPS) is 13.4. The van der Waals surface area contributed by atoms with Crippen molar-refractivity contribution in [3.05, 3.63) is 0 Å². The van der Waals surface area contributed by atoms with Gasteiger partial charge in [-0.25, -0.2) is 0 Å². The molecule has 1 nitrogen and oxygen atoms in total. The van der Waals surface area contributed by atoms with E-state index >= 15 is 0 Å². The molecule has 0 aromatic rings. The molecule has 0 bridgehead atoms.